The molecule has 2 heterocycles. The van der Waals surface area contributed by atoms with Crippen LogP contribution in [-0.4, -0.2) is 40.3 Å². The van der Waals surface area contributed by atoms with E-state index >= 15 is 0 Å². The Labute approximate surface area is 158 Å². The standard InChI is InChI=1S/C20H23N3O2S/c1-14-13-16(8-10-18(14)26-3)25-20-17(9-7-15(2)21-20)19(22-24)23-11-5-4-6-12-23/h4-5,7-10,13,24H,6,11-12H2,1-3H3/b22-19-. The van der Waals surface area contributed by atoms with Crippen LogP contribution in [0.2, 0.25) is 0 Å². The van der Waals surface area contributed by atoms with Crippen molar-refractivity contribution in [2.24, 2.45) is 5.16 Å². The molecule has 1 N–H and O–H groups in total. The molecular formula is C20H23N3O2S. The summed E-state index contributed by atoms with van der Waals surface area (Å²) in [6, 6.07) is 9.77. The molecular weight excluding hydrogens is 346 g/mol. The maximum atomic E-state index is 9.64. The first-order valence-electron chi connectivity index (χ1n) is 8.55. The number of aromatic nitrogens is 1. The van der Waals surface area contributed by atoms with E-state index in [1.807, 2.05) is 42.2 Å². The van der Waals surface area contributed by atoms with E-state index in [0.717, 1.165) is 30.0 Å². The number of hydrogen-bond donors (Lipinski definition) is 1. The van der Waals surface area contributed by atoms with E-state index in [1.54, 1.807) is 11.8 Å². The van der Waals surface area contributed by atoms with Gasteiger partial charge in [-0.15, -0.1) is 11.8 Å². The third-order valence-corrected chi connectivity index (χ3v) is 5.17. The predicted molar refractivity (Wildman–Crippen MR) is 106 cm³/mol. The summed E-state index contributed by atoms with van der Waals surface area (Å²) < 4.78 is 6.09. The number of oxime groups is 1. The summed E-state index contributed by atoms with van der Waals surface area (Å²) in [5.74, 6) is 1.65. The van der Waals surface area contributed by atoms with Crippen molar-refractivity contribution >= 4 is 17.6 Å². The SMILES string of the molecule is CSc1ccc(Oc2nc(C)ccc2/C(=N/O)N2CC=CCC2)cc1C. The van der Waals surface area contributed by atoms with E-state index in [9.17, 15) is 5.21 Å². The summed E-state index contributed by atoms with van der Waals surface area (Å²) in [5.41, 5.74) is 2.68. The predicted octanol–water partition coefficient (Wildman–Crippen LogP) is 4.61. The van der Waals surface area contributed by atoms with Crippen LogP contribution < -0.4 is 4.74 Å². The number of nitrogens with zero attached hydrogens (tertiary/aromatic N) is 3. The van der Waals surface area contributed by atoms with Crippen molar-refractivity contribution in [3.05, 3.63) is 59.3 Å². The quantitative estimate of drug-likeness (QED) is 0.213. The molecule has 26 heavy (non-hydrogen) atoms. The lowest BCUT2D eigenvalue weighted by Gasteiger charge is -2.26. The first-order chi connectivity index (χ1) is 12.6. The summed E-state index contributed by atoms with van der Waals surface area (Å²) in [7, 11) is 0. The van der Waals surface area contributed by atoms with Gasteiger partial charge in [-0.3, -0.25) is 0 Å². The van der Waals surface area contributed by atoms with Crippen molar-refractivity contribution in [3.8, 4) is 11.6 Å². The Morgan fingerprint density at radius 2 is 2.08 bits per heavy atom. The highest BCUT2D eigenvalue weighted by Gasteiger charge is 2.20. The topological polar surface area (TPSA) is 58.0 Å². The zero-order valence-electron chi connectivity index (χ0n) is 15.3. The third kappa shape index (κ3) is 4.02. The maximum absolute atomic E-state index is 9.64. The van der Waals surface area contributed by atoms with Gasteiger partial charge in [0, 0.05) is 23.7 Å². The number of aryl methyl sites for hydroxylation is 2. The van der Waals surface area contributed by atoms with Gasteiger partial charge in [-0.2, -0.15) is 0 Å². The summed E-state index contributed by atoms with van der Waals surface area (Å²) in [6.45, 7) is 5.47. The Bertz CT molecular complexity index is 849. The van der Waals surface area contributed by atoms with Gasteiger partial charge < -0.3 is 14.8 Å². The average Bonchev–Trinajstić information content (AvgIpc) is 2.65. The third-order valence-electron chi connectivity index (χ3n) is 4.27. The molecule has 5 nitrogen and oxygen atoms in total. The van der Waals surface area contributed by atoms with Gasteiger partial charge in [-0.1, -0.05) is 17.3 Å². The van der Waals surface area contributed by atoms with Gasteiger partial charge in [0.1, 0.15) is 5.75 Å². The second kappa shape index (κ2) is 8.27. The van der Waals surface area contributed by atoms with Gasteiger partial charge >= 0.3 is 0 Å². The van der Waals surface area contributed by atoms with E-state index < -0.39 is 0 Å². The van der Waals surface area contributed by atoms with Crippen molar-refractivity contribution in [1.29, 1.82) is 0 Å². The van der Waals surface area contributed by atoms with Crippen molar-refractivity contribution in [1.82, 2.24) is 9.88 Å². The molecule has 136 valence electrons. The molecule has 1 aliphatic heterocycles. The van der Waals surface area contributed by atoms with E-state index in [4.69, 9.17) is 4.74 Å². The average molecular weight is 369 g/mol. The van der Waals surface area contributed by atoms with E-state index in [-0.39, 0.29) is 0 Å². The summed E-state index contributed by atoms with van der Waals surface area (Å²) in [4.78, 5) is 7.77. The first kappa shape index (κ1) is 18.3. The lowest BCUT2D eigenvalue weighted by atomic mass is 10.1. The van der Waals surface area contributed by atoms with Gasteiger partial charge in [0.25, 0.3) is 0 Å². The fraction of sp³-hybridized carbons (Fsp3) is 0.300. The van der Waals surface area contributed by atoms with Crippen molar-refractivity contribution < 1.29 is 9.94 Å². The summed E-state index contributed by atoms with van der Waals surface area (Å²) >= 11 is 1.71. The highest BCUT2D eigenvalue weighted by atomic mass is 32.2. The largest absolute Gasteiger partial charge is 0.438 e. The van der Waals surface area contributed by atoms with Gasteiger partial charge in [0.15, 0.2) is 5.84 Å². The van der Waals surface area contributed by atoms with Crippen LogP contribution in [0.15, 0.2) is 52.5 Å². The van der Waals surface area contributed by atoms with Crippen LogP contribution in [0.4, 0.5) is 0 Å². The number of rotatable bonds is 4. The molecule has 1 aliphatic rings. The zero-order valence-corrected chi connectivity index (χ0v) is 16.1. The molecule has 0 aliphatic carbocycles. The highest BCUT2D eigenvalue weighted by Crippen LogP contribution is 2.29. The number of amidine groups is 1. The molecule has 0 saturated carbocycles. The molecule has 6 heteroatoms. The molecule has 0 radical (unpaired) electrons. The molecule has 0 unspecified atom stereocenters. The van der Waals surface area contributed by atoms with Crippen LogP contribution in [0.3, 0.4) is 0 Å². The number of thioether (sulfide) groups is 1. The molecule has 1 aromatic heterocycles. The van der Waals surface area contributed by atoms with Gasteiger partial charge in [-0.05, 0) is 62.4 Å². The van der Waals surface area contributed by atoms with Crippen LogP contribution in [0, 0.1) is 13.8 Å². The smallest absolute Gasteiger partial charge is 0.230 e. The second-order valence-electron chi connectivity index (χ2n) is 6.17. The van der Waals surface area contributed by atoms with E-state index in [1.165, 1.54) is 4.90 Å². The molecule has 0 atom stereocenters. The van der Waals surface area contributed by atoms with Crippen LogP contribution in [0.25, 0.3) is 0 Å². The fourth-order valence-electron chi connectivity index (χ4n) is 2.93. The van der Waals surface area contributed by atoms with E-state index in [2.05, 4.69) is 35.5 Å². The molecule has 2 aromatic rings. The van der Waals surface area contributed by atoms with Crippen LogP contribution in [0.1, 0.15) is 23.2 Å². The molecule has 0 fully saturated rings. The lowest BCUT2D eigenvalue weighted by Crippen LogP contribution is -2.34. The Kier molecular flexibility index (Phi) is 5.83. The maximum Gasteiger partial charge on any atom is 0.230 e. The Morgan fingerprint density at radius 3 is 2.73 bits per heavy atom. The van der Waals surface area contributed by atoms with Crippen LogP contribution >= 0.6 is 11.8 Å². The van der Waals surface area contributed by atoms with Gasteiger partial charge in [0.05, 0.1) is 5.56 Å². The normalized spacial score (nSPS) is 14.6. The zero-order chi connectivity index (χ0) is 18.5. The fourth-order valence-corrected chi connectivity index (χ4v) is 3.51. The molecule has 0 spiro atoms. The summed E-state index contributed by atoms with van der Waals surface area (Å²) in [6.07, 6.45) is 7.18. The van der Waals surface area contributed by atoms with Crippen LogP contribution in [-0.2, 0) is 0 Å². The Hall–Kier alpha value is -2.47. The van der Waals surface area contributed by atoms with Gasteiger partial charge in [-0.25, -0.2) is 4.98 Å². The number of pyridine rings is 1. The molecule has 0 saturated heterocycles. The van der Waals surface area contributed by atoms with E-state index in [0.29, 0.717) is 23.8 Å². The van der Waals surface area contributed by atoms with Crippen LogP contribution in [0.5, 0.6) is 11.6 Å². The van der Waals surface area contributed by atoms with Crippen molar-refractivity contribution in [2.45, 2.75) is 25.2 Å². The highest BCUT2D eigenvalue weighted by molar-refractivity contribution is 7.98. The minimum absolute atomic E-state index is 0.448. The molecule has 0 bridgehead atoms. The monoisotopic (exact) mass is 369 g/mol. The summed E-state index contributed by atoms with van der Waals surface area (Å²) in [5, 5.41) is 13.2. The number of hydrogen-bond acceptors (Lipinski definition) is 5. The Balaban J connectivity index is 1.95. The van der Waals surface area contributed by atoms with Crippen molar-refractivity contribution in [2.75, 3.05) is 19.3 Å². The lowest BCUT2D eigenvalue weighted by molar-refractivity contribution is 0.302. The minimum Gasteiger partial charge on any atom is -0.438 e. The number of benzene rings is 1. The van der Waals surface area contributed by atoms with Gasteiger partial charge in [0.2, 0.25) is 5.88 Å². The van der Waals surface area contributed by atoms with Crippen molar-refractivity contribution in [3.63, 3.8) is 0 Å². The molecule has 1 aromatic carbocycles. The number of ether oxygens (including phenoxy) is 1. The first-order valence-corrected chi connectivity index (χ1v) is 9.77. The molecule has 0 amide bonds. The minimum atomic E-state index is 0.448. The Morgan fingerprint density at radius 1 is 1.23 bits per heavy atom. The second-order valence-corrected chi connectivity index (χ2v) is 7.02. The molecule has 3 rings (SSSR count).